The molecule has 118 valence electrons. The van der Waals surface area contributed by atoms with E-state index in [0.29, 0.717) is 5.92 Å². The number of unbranched alkanes of at least 4 members (excludes halogenated alkanes) is 1. The lowest BCUT2D eigenvalue weighted by Crippen LogP contribution is -2.45. The maximum atomic E-state index is 12.6. The molecule has 0 saturated carbocycles. The highest BCUT2D eigenvalue weighted by molar-refractivity contribution is 5.88. The monoisotopic (exact) mass is 284 g/mol. The SMILES string of the molecule is CCC1(C)NC(C(C)C)N(CCCCOC(C)C)C1=O. The third-order valence-electron chi connectivity index (χ3n) is 4.12. The molecule has 0 aliphatic carbocycles. The first kappa shape index (κ1) is 17.4. The van der Waals surface area contributed by atoms with E-state index in [1.54, 1.807) is 0 Å². The Kier molecular flexibility index (Phi) is 6.46. The summed E-state index contributed by atoms with van der Waals surface area (Å²) in [7, 11) is 0. The Morgan fingerprint density at radius 1 is 1.30 bits per heavy atom. The minimum Gasteiger partial charge on any atom is -0.379 e. The van der Waals surface area contributed by atoms with E-state index in [1.807, 2.05) is 11.8 Å². The molecule has 1 N–H and O–H groups in total. The molecule has 2 atom stereocenters. The third kappa shape index (κ3) is 4.19. The molecule has 0 aromatic heterocycles. The van der Waals surface area contributed by atoms with Gasteiger partial charge in [-0.15, -0.1) is 0 Å². The van der Waals surface area contributed by atoms with Gasteiger partial charge in [-0.1, -0.05) is 20.8 Å². The van der Waals surface area contributed by atoms with Crippen LogP contribution >= 0.6 is 0 Å². The molecule has 1 amide bonds. The van der Waals surface area contributed by atoms with E-state index in [1.165, 1.54) is 0 Å². The number of carbonyl (C=O) groups is 1. The van der Waals surface area contributed by atoms with Crippen LogP contribution in [0.3, 0.4) is 0 Å². The van der Waals surface area contributed by atoms with Crippen molar-refractivity contribution in [3.63, 3.8) is 0 Å². The molecule has 0 bridgehead atoms. The number of nitrogens with one attached hydrogen (secondary N) is 1. The Morgan fingerprint density at radius 3 is 2.45 bits per heavy atom. The second-order valence-electron chi connectivity index (χ2n) is 6.64. The van der Waals surface area contributed by atoms with Gasteiger partial charge in [0.25, 0.3) is 0 Å². The maximum Gasteiger partial charge on any atom is 0.243 e. The molecule has 1 aliphatic heterocycles. The van der Waals surface area contributed by atoms with E-state index < -0.39 is 0 Å². The molecule has 1 aliphatic rings. The van der Waals surface area contributed by atoms with Gasteiger partial charge in [0.15, 0.2) is 0 Å². The standard InChI is InChI=1S/C16H32N2O2/c1-7-16(6)15(19)18(14(17-16)12(2)3)10-8-9-11-20-13(4)5/h12-14,17H,7-11H2,1-6H3. The molecule has 0 spiro atoms. The van der Waals surface area contributed by atoms with Gasteiger partial charge in [0.05, 0.1) is 17.8 Å². The fourth-order valence-electron chi connectivity index (χ4n) is 2.63. The van der Waals surface area contributed by atoms with Crippen molar-refractivity contribution in [1.82, 2.24) is 10.2 Å². The summed E-state index contributed by atoms with van der Waals surface area (Å²) < 4.78 is 5.55. The molecular formula is C16H32N2O2. The molecule has 1 heterocycles. The van der Waals surface area contributed by atoms with E-state index in [0.717, 1.165) is 32.4 Å². The zero-order valence-electron chi connectivity index (χ0n) is 14.0. The van der Waals surface area contributed by atoms with Crippen LogP contribution in [-0.4, -0.2) is 41.8 Å². The van der Waals surface area contributed by atoms with Crippen LogP contribution in [0.4, 0.5) is 0 Å². The van der Waals surface area contributed by atoms with Crippen LogP contribution in [0.1, 0.15) is 60.8 Å². The minimum atomic E-state index is -0.386. The van der Waals surface area contributed by atoms with Gasteiger partial charge in [0.1, 0.15) is 0 Å². The molecule has 1 rings (SSSR count). The summed E-state index contributed by atoms with van der Waals surface area (Å²) in [5.41, 5.74) is -0.386. The van der Waals surface area contributed by atoms with Crippen molar-refractivity contribution in [1.29, 1.82) is 0 Å². The second-order valence-corrected chi connectivity index (χ2v) is 6.64. The molecule has 0 aromatic rings. The van der Waals surface area contributed by atoms with Crippen LogP contribution in [0.15, 0.2) is 0 Å². The quantitative estimate of drug-likeness (QED) is 0.697. The topological polar surface area (TPSA) is 41.6 Å². The van der Waals surface area contributed by atoms with Crippen molar-refractivity contribution in [3.8, 4) is 0 Å². The normalized spacial score (nSPS) is 27.1. The third-order valence-corrected chi connectivity index (χ3v) is 4.12. The molecule has 2 unspecified atom stereocenters. The highest BCUT2D eigenvalue weighted by Crippen LogP contribution is 2.27. The molecule has 0 aromatic carbocycles. The number of ether oxygens (including phenoxy) is 1. The number of amides is 1. The minimum absolute atomic E-state index is 0.165. The van der Waals surface area contributed by atoms with Gasteiger partial charge in [-0.3, -0.25) is 10.1 Å². The highest BCUT2D eigenvalue weighted by Gasteiger charge is 2.47. The van der Waals surface area contributed by atoms with Gasteiger partial charge in [-0.25, -0.2) is 0 Å². The van der Waals surface area contributed by atoms with Crippen LogP contribution in [0.2, 0.25) is 0 Å². The number of hydrogen-bond acceptors (Lipinski definition) is 3. The summed E-state index contributed by atoms with van der Waals surface area (Å²) in [6.07, 6.45) is 3.30. The number of carbonyl (C=O) groups excluding carboxylic acids is 1. The largest absolute Gasteiger partial charge is 0.379 e. The van der Waals surface area contributed by atoms with Crippen molar-refractivity contribution in [3.05, 3.63) is 0 Å². The zero-order chi connectivity index (χ0) is 15.3. The van der Waals surface area contributed by atoms with E-state index in [4.69, 9.17) is 4.74 Å². The first-order valence-electron chi connectivity index (χ1n) is 8.02. The van der Waals surface area contributed by atoms with Gasteiger partial charge >= 0.3 is 0 Å². The summed E-state index contributed by atoms with van der Waals surface area (Å²) in [6.45, 7) is 14.1. The van der Waals surface area contributed by atoms with Gasteiger partial charge in [0, 0.05) is 13.2 Å². The number of rotatable bonds is 8. The van der Waals surface area contributed by atoms with Crippen molar-refractivity contribution < 1.29 is 9.53 Å². The molecule has 0 radical (unpaired) electrons. The highest BCUT2D eigenvalue weighted by atomic mass is 16.5. The van der Waals surface area contributed by atoms with Gasteiger partial charge in [-0.2, -0.15) is 0 Å². The van der Waals surface area contributed by atoms with Crippen LogP contribution in [0, 0.1) is 5.92 Å². The summed E-state index contributed by atoms with van der Waals surface area (Å²) in [5.74, 6) is 0.683. The molecule has 1 saturated heterocycles. The summed E-state index contributed by atoms with van der Waals surface area (Å²) in [5, 5.41) is 3.52. The van der Waals surface area contributed by atoms with Crippen LogP contribution < -0.4 is 5.32 Å². The average Bonchev–Trinajstić information content (AvgIpc) is 2.63. The summed E-state index contributed by atoms with van der Waals surface area (Å²) in [6, 6.07) is 0. The number of hydrogen-bond donors (Lipinski definition) is 1. The predicted molar refractivity (Wildman–Crippen MR) is 82.5 cm³/mol. The Labute approximate surface area is 124 Å². The Balaban J connectivity index is 2.51. The fraction of sp³-hybridized carbons (Fsp3) is 0.938. The van der Waals surface area contributed by atoms with Crippen molar-refractivity contribution in [2.45, 2.75) is 78.6 Å². The second kappa shape index (κ2) is 7.41. The number of nitrogens with zero attached hydrogens (tertiary/aromatic N) is 1. The van der Waals surface area contributed by atoms with E-state index in [2.05, 4.69) is 39.9 Å². The summed E-state index contributed by atoms with van der Waals surface area (Å²) in [4.78, 5) is 14.6. The fourth-order valence-corrected chi connectivity index (χ4v) is 2.63. The van der Waals surface area contributed by atoms with Crippen molar-refractivity contribution in [2.75, 3.05) is 13.2 Å². The van der Waals surface area contributed by atoms with Gasteiger partial charge in [-0.05, 0) is 46.0 Å². The summed E-state index contributed by atoms with van der Waals surface area (Å²) >= 11 is 0. The lowest BCUT2D eigenvalue weighted by atomic mass is 9.99. The predicted octanol–water partition coefficient (Wildman–Crippen LogP) is 2.77. The Morgan fingerprint density at radius 2 is 1.95 bits per heavy atom. The molecule has 1 fully saturated rings. The molecule has 4 nitrogen and oxygen atoms in total. The molecule has 20 heavy (non-hydrogen) atoms. The first-order valence-corrected chi connectivity index (χ1v) is 8.02. The maximum absolute atomic E-state index is 12.6. The van der Waals surface area contributed by atoms with Crippen LogP contribution in [-0.2, 0) is 9.53 Å². The molecule has 4 heteroatoms. The Hall–Kier alpha value is -0.610. The lowest BCUT2D eigenvalue weighted by molar-refractivity contribution is -0.133. The Bertz CT molecular complexity index is 318. The lowest BCUT2D eigenvalue weighted by Gasteiger charge is -2.27. The van der Waals surface area contributed by atoms with E-state index in [9.17, 15) is 4.79 Å². The van der Waals surface area contributed by atoms with Crippen molar-refractivity contribution >= 4 is 5.91 Å². The van der Waals surface area contributed by atoms with Gasteiger partial charge < -0.3 is 9.64 Å². The van der Waals surface area contributed by atoms with E-state index in [-0.39, 0.29) is 23.7 Å². The van der Waals surface area contributed by atoms with Gasteiger partial charge in [0.2, 0.25) is 5.91 Å². The van der Waals surface area contributed by atoms with E-state index >= 15 is 0 Å². The average molecular weight is 284 g/mol. The zero-order valence-corrected chi connectivity index (χ0v) is 14.0. The first-order chi connectivity index (χ1) is 9.31. The smallest absolute Gasteiger partial charge is 0.243 e. The van der Waals surface area contributed by atoms with Crippen LogP contribution in [0.25, 0.3) is 0 Å². The van der Waals surface area contributed by atoms with Crippen LogP contribution in [0.5, 0.6) is 0 Å². The van der Waals surface area contributed by atoms with Crippen molar-refractivity contribution in [2.24, 2.45) is 5.92 Å². The molecular weight excluding hydrogens is 252 g/mol.